The van der Waals surface area contributed by atoms with E-state index in [-0.39, 0.29) is 36.2 Å². The van der Waals surface area contributed by atoms with Gasteiger partial charge in [-0.3, -0.25) is 19.7 Å². The maximum Gasteiger partial charge on any atom is 0.273 e. The molecule has 8 nitrogen and oxygen atoms in total. The molecule has 1 N–H and O–H groups in total. The Hall–Kier alpha value is -2.65. The number of hydrogen-bond donors (Lipinski definition) is 1. The molecular formula is C18H15BrClN3O5. The van der Waals surface area contributed by atoms with Crippen LogP contribution in [0.2, 0.25) is 5.02 Å². The van der Waals surface area contributed by atoms with Gasteiger partial charge in [-0.1, -0.05) is 11.6 Å². The lowest BCUT2D eigenvalue weighted by atomic mass is 10.1. The van der Waals surface area contributed by atoms with Crippen LogP contribution in [-0.4, -0.2) is 30.4 Å². The van der Waals surface area contributed by atoms with Crippen LogP contribution in [-0.2, 0) is 9.59 Å². The summed E-state index contributed by atoms with van der Waals surface area (Å²) in [4.78, 5) is 36.8. The number of hydrogen-bond acceptors (Lipinski definition) is 5. The molecule has 2 aromatic rings. The largest absolute Gasteiger partial charge is 0.494 e. The number of carbonyl (C=O) groups is 2. The van der Waals surface area contributed by atoms with Crippen molar-refractivity contribution < 1.29 is 19.2 Å². The third-order valence-electron chi connectivity index (χ3n) is 4.35. The highest BCUT2D eigenvalue weighted by Gasteiger charge is 2.36. The first-order chi connectivity index (χ1) is 13.3. The Morgan fingerprint density at radius 2 is 2.11 bits per heavy atom. The van der Waals surface area contributed by atoms with Crippen LogP contribution in [0.15, 0.2) is 40.9 Å². The highest BCUT2D eigenvalue weighted by molar-refractivity contribution is 9.10. The van der Waals surface area contributed by atoms with Crippen molar-refractivity contribution in [1.29, 1.82) is 0 Å². The van der Waals surface area contributed by atoms with Crippen LogP contribution in [0.25, 0.3) is 0 Å². The molecule has 0 saturated carbocycles. The zero-order chi connectivity index (χ0) is 20.4. The molecule has 0 radical (unpaired) electrons. The van der Waals surface area contributed by atoms with Gasteiger partial charge in [-0.2, -0.15) is 0 Å². The monoisotopic (exact) mass is 467 g/mol. The van der Waals surface area contributed by atoms with Crippen LogP contribution < -0.4 is 15.0 Å². The average Bonchev–Trinajstić information content (AvgIpc) is 3.05. The fourth-order valence-corrected chi connectivity index (χ4v) is 3.36. The van der Waals surface area contributed by atoms with Gasteiger partial charge in [0.15, 0.2) is 0 Å². The number of nitrogens with zero attached hydrogens (tertiary/aromatic N) is 2. The summed E-state index contributed by atoms with van der Waals surface area (Å²) < 4.78 is 5.90. The Balaban J connectivity index is 1.77. The summed E-state index contributed by atoms with van der Waals surface area (Å²) >= 11 is 9.31. The molecule has 0 aliphatic carbocycles. The van der Waals surface area contributed by atoms with Gasteiger partial charge in [0, 0.05) is 29.2 Å². The van der Waals surface area contributed by atoms with E-state index in [0.29, 0.717) is 20.9 Å². The summed E-state index contributed by atoms with van der Waals surface area (Å²) in [6, 6.07) is 9.01. The van der Waals surface area contributed by atoms with Crippen LogP contribution in [0, 0.1) is 16.0 Å². The molecule has 0 bridgehead atoms. The first kappa shape index (κ1) is 20.1. The summed E-state index contributed by atoms with van der Waals surface area (Å²) in [6.07, 6.45) is 0.0240. The molecule has 3 rings (SSSR count). The molecule has 1 saturated heterocycles. The second kappa shape index (κ2) is 8.15. The van der Waals surface area contributed by atoms with E-state index >= 15 is 0 Å². The fourth-order valence-electron chi connectivity index (χ4n) is 2.94. The lowest BCUT2D eigenvalue weighted by Gasteiger charge is -2.19. The van der Waals surface area contributed by atoms with Gasteiger partial charge in [0.05, 0.1) is 34.7 Å². The Kier molecular flexibility index (Phi) is 5.85. The highest BCUT2D eigenvalue weighted by Crippen LogP contribution is 2.36. The van der Waals surface area contributed by atoms with E-state index in [1.165, 1.54) is 30.2 Å². The van der Waals surface area contributed by atoms with Gasteiger partial charge < -0.3 is 15.0 Å². The fraction of sp³-hybridized carbons (Fsp3) is 0.222. The second-order valence-corrected chi connectivity index (χ2v) is 7.40. The van der Waals surface area contributed by atoms with Gasteiger partial charge in [0.2, 0.25) is 11.8 Å². The first-order valence-electron chi connectivity index (χ1n) is 8.19. The molecule has 0 unspecified atom stereocenters. The minimum absolute atomic E-state index is 0.0240. The quantitative estimate of drug-likeness (QED) is 0.528. The van der Waals surface area contributed by atoms with Gasteiger partial charge in [-0.05, 0) is 40.2 Å². The number of halogens is 2. The number of anilines is 2. The van der Waals surface area contributed by atoms with E-state index in [1.807, 2.05) is 0 Å². The number of non-ortho nitro benzene ring substituents is 1. The van der Waals surface area contributed by atoms with Crippen molar-refractivity contribution in [2.45, 2.75) is 6.42 Å². The molecule has 1 atom stereocenters. The molecular weight excluding hydrogens is 454 g/mol. The molecule has 1 fully saturated rings. The van der Waals surface area contributed by atoms with E-state index in [1.54, 1.807) is 18.2 Å². The van der Waals surface area contributed by atoms with Crippen LogP contribution in [0.1, 0.15) is 6.42 Å². The van der Waals surface area contributed by atoms with Crippen LogP contribution in [0.4, 0.5) is 17.1 Å². The van der Waals surface area contributed by atoms with Crippen molar-refractivity contribution in [3.05, 3.63) is 56.0 Å². The van der Waals surface area contributed by atoms with Crippen molar-refractivity contribution in [2.24, 2.45) is 5.92 Å². The van der Waals surface area contributed by atoms with Crippen LogP contribution in [0.3, 0.4) is 0 Å². The zero-order valence-electron chi connectivity index (χ0n) is 14.6. The number of benzene rings is 2. The molecule has 10 heteroatoms. The lowest BCUT2D eigenvalue weighted by molar-refractivity contribution is -0.384. The molecule has 0 aromatic heterocycles. The van der Waals surface area contributed by atoms with E-state index in [0.717, 1.165) is 0 Å². The summed E-state index contributed by atoms with van der Waals surface area (Å²) in [5.41, 5.74) is 0.769. The maximum absolute atomic E-state index is 12.6. The normalized spacial score (nSPS) is 16.2. The topological polar surface area (TPSA) is 102 Å². The number of nitro groups is 1. The predicted molar refractivity (Wildman–Crippen MR) is 108 cm³/mol. The molecule has 146 valence electrons. The summed E-state index contributed by atoms with van der Waals surface area (Å²) in [5.74, 6) is -0.950. The van der Waals surface area contributed by atoms with E-state index in [4.69, 9.17) is 16.3 Å². The number of ether oxygens (including phenoxy) is 1. The first-order valence-corrected chi connectivity index (χ1v) is 9.36. The molecule has 2 aromatic carbocycles. The second-order valence-electron chi connectivity index (χ2n) is 6.14. The Bertz CT molecular complexity index is 968. The third-order valence-corrected chi connectivity index (χ3v) is 5.58. The van der Waals surface area contributed by atoms with Gasteiger partial charge in [0.25, 0.3) is 5.69 Å². The highest BCUT2D eigenvalue weighted by atomic mass is 79.9. The smallest absolute Gasteiger partial charge is 0.273 e. The van der Waals surface area contributed by atoms with Crippen LogP contribution >= 0.6 is 27.5 Å². The Morgan fingerprint density at radius 1 is 1.36 bits per heavy atom. The number of carbonyl (C=O) groups excluding carboxylic acids is 2. The minimum Gasteiger partial charge on any atom is -0.494 e. The van der Waals surface area contributed by atoms with Gasteiger partial charge >= 0.3 is 0 Å². The Morgan fingerprint density at radius 3 is 2.75 bits per heavy atom. The van der Waals surface area contributed by atoms with E-state index < -0.39 is 10.8 Å². The molecule has 1 heterocycles. The number of amides is 2. The number of nitro benzene ring substituents is 1. The zero-order valence-corrected chi connectivity index (χ0v) is 17.0. The SMILES string of the molecule is COc1cc([N+](=O)[O-])ccc1N1C[C@@H](C(=O)Nc2ccc(Br)c(Cl)c2)CC1=O. The molecule has 1 aliphatic rings. The van der Waals surface area contributed by atoms with E-state index in [2.05, 4.69) is 21.2 Å². The molecule has 2 amide bonds. The molecule has 28 heavy (non-hydrogen) atoms. The molecule has 1 aliphatic heterocycles. The number of methoxy groups -OCH3 is 1. The number of rotatable bonds is 5. The number of nitrogens with one attached hydrogen (secondary N) is 1. The van der Waals surface area contributed by atoms with Crippen molar-refractivity contribution in [1.82, 2.24) is 0 Å². The van der Waals surface area contributed by atoms with Gasteiger partial charge in [0.1, 0.15) is 5.75 Å². The predicted octanol–water partition coefficient (Wildman–Crippen LogP) is 4.01. The van der Waals surface area contributed by atoms with E-state index in [9.17, 15) is 19.7 Å². The average molecular weight is 469 g/mol. The lowest BCUT2D eigenvalue weighted by Crippen LogP contribution is -2.28. The standard InChI is InChI=1S/C18H15BrClN3O5/c1-28-16-8-12(23(26)27)3-5-15(16)22-9-10(6-17(22)24)18(25)21-11-2-4-13(19)14(20)7-11/h2-5,7-8,10H,6,9H2,1H3,(H,21,25)/t10-/m0/s1. The van der Waals surface area contributed by atoms with Gasteiger partial charge in [-0.15, -0.1) is 0 Å². The minimum atomic E-state index is -0.574. The summed E-state index contributed by atoms with van der Waals surface area (Å²) in [5, 5.41) is 14.1. The Labute approximate surface area is 173 Å². The van der Waals surface area contributed by atoms with Crippen molar-refractivity contribution >= 4 is 56.4 Å². The van der Waals surface area contributed by atoms with Crippen molar-refractivity contribution in [3.63, 3.8) is 0 Å². The maximum atomic E-state index is 12.6. The van der Waals surface area contributed by atoms with Crippen molar-refractivity contribution in [3.8, 4) is 5.75 Å². The van der Waals surface area contributed by atoms with Gasteiger partial charge in [-0.25, -0.2) is 0 Å². The van der Waals surface area contributed by atoms with Crippen molar-refractivity contribution in [2.75, 3.05) is 23.9 Å². The molecule has 0 spiro atoms. The van der Waals surface area contributed by atoms with Crippen LogP contribution in [0.5, 0.6) is 5.75 Å². The third kappa shape index (κ3) is 4.10. The summed E-state index contributed by atoms with van der Waals surface area (Å²) in [6.45, 7) is 0.142. The summed E-state index contributed by atoms with van der Waals surface area (Å²) in [7, 11) is 1.37.